The molecule has 0 saturated carbocycles. The summed E-state index contributed by atoms with van der Waals surface area (Å²) in [4.78, 5) is 46.8. The minimum Gasteiger partial charge on any atom is -0.463 e. The van der Waals surface area contributed by atoms with Gasteiger partial charge in [0.1, 0.15) is 12.7 Å². The fraction of sp³-hybridized carbons (Fsp3) is 0.862. The van der Waals surface area contributed by atoms with Gasteiger partial charge in [-0.3, -0.25) is 19.2 Å². The van der Waals surface area contributed by atoms with E-state index in [1.165, 1.54) is 0 Å². The van der Waals surface area contributed by atoms with Crippen LogP contribution in [0.2, 0.25) is 0 Å². The highest BCUT2D eigenvalue weighted by Gasteiger charge is 2.95. The summed E-state index contributed by atoms with van der Waals surface area (Å²) in [6.07, 6.45) is -20.0. The number of rotatable bonds is 21. The van der Waals surface area contributed by atoms with Crippen molar-refractivity contribution in [3.8, 4) is 0 Å². The van der Waals surface area contributed by atoms with E-state index in [-0.39, 0.29) is 19.4 Å². The quantitative estimate of drug-likeness (QED) is 0.0530. The molecule has 1 saturated heterocycles. The molecular weight excluding hydrogens is 847 g/mol. The number of ether oxygens (including phenoxy) is 7. The van der Waals surface area contributed by atoms with E-state index in [1.54, 1.807) is 0 Å². The second-order valence-corrected chi connectivity index (χ2v) is 12.0. The topological polar surface area (TPSA) is 133 Å². The Morgan fingerprint density at radius 1 is 0.491 bits per heavy atom. The van der Waals surface area contributed by atoms with E-state index in [1.807, 2.05) is 0 Å². The van der Waals surface area contributed by atoms with Crippen molar-refractivity contribution in [2.24, 2.45) is 0 Å². The number of esters is 4. The lowest BCUT2D eigenvalue weighted by molar-refractivity contribution is -0.461. The summed E-state index contributed by atoms with van der Waals surface area (Å²) in [5.41, 5.74) is 0. The Morgan fingerprint density at radius 2 is 0.895 bits per heavy atom. The Morgan fingerprint density at radius 3 is 1.35 bits per heavy atom. The summed E-state index contributed by atoms with van der Waals surface area (Å²) in [5.74, 6) is -60.6. The van der Waals surface area contributed by atoms with Gasteiger partial charge in [0.25, 0.3) is 0 Å². The highest BCUT2D eigenvalue weighted by atomic mass is 19.4. The van der Waals surface area contributed by atoms with Crippen molar-refractivity contribution >= 4 is 23.9 Å². The molecule has 0 amide bonds. The maximum absolute atomic E-state index is 14.1. The SMILES string of the molecule is CC(=O)OC[C@H]1O[C@@H](OCCCCOCCCC(F)(F)C(F)(F)C(F)(F)C(F)(F)C(F)(F)C(F)(F)C(F)(F)C(F)(F)F)[C@H](OC(C)=O)[C@@H](OC(C)=O)[C@H]1OC(C)=O. The molecule has 0 aromatic carbocycles. The van der Waals surface area contributed by atoms with Gasteiger partial charge < -0.3 is 33.2 Å². The van der Waals surface area contributed by atoms with Gasteiger partial charge in [-0.25, -0.2) is 0 Å². The van der Waals surface area contributed by atoms with Gasteiger partial charge in [0.2, 0.25) is 0 Å². The molecule has 0 aromatic heterocycles. The molecule has 1 aliphatic heterocycles. The van der Waals surface area contributed by atoms with Crippen LogP contribution in [0.5, 0.6) is 0 Å². The molecule has 0 unspecified atom stereocenters. The Kier molecular flexibility index (Phi) is 16.9. The molecule has 0 bridgehead atoms. The summed E-state index contributed by atoms with van der Waals surface area (Å²) >= 11 is 0. The molecule has 1 fully saturated rings. The molecular formula is C29H33F17O11. The number of alkyl halides is 17. The zero-order chi connectivity index (χ0) is 44.8. The zero-order valence-corrected chi connectivity index (χ0v) is 29.5. The second kappa shape index (κ2) is 18.7. The third-order valence-electron chi connectivity index (χ3n) is 7.48. The van der Waals surface area contributed by atoms with Crippen LogP contribution in [-0.4, -0.2) is 129 Å². The molecule has 0 N–H and O–H groups in total. The Labute approximate surface area is 309 Å². The van der Waals surface area contributed by atoms with Crippen LogP contribution >= 0.6 is 0 Å². The summed E-state index contributed by atoms with van der Waals surface area (Å²) in [6, 6.07) is 0. The predicted molar refractivity (Wildman–Crippen MR) is 148 cm³/mol. The van der Waals surface area contributed by atoms with Crippen molar-refractivity contribution in [1.29, 1.82) is 0 Å². The predicted octanol–water partition coefficient (Wildman–Crippen LogP) is 6.67. The average Bonchev–Trinajstić information content (AvgIpc) is 3.03. The normalized spacial score (nSPS) is 21.8. The standard InChI is InChI=1S/C29H33F17O11/c1-13(47)53-12-17-18(54-14(2)48)19(55-15(3)49)20(56-16(4)50)21(57-17)52-11-6-5-9-51-10-7-8-22(30,31)23(32,33)24(34,35)25(36,37)26(38,39)27(40,41)28(42,43)29(44,45)46/h17-21H,5-12H2,1-4H3/t17-,18+,19+,20-,21-/m1/s1. The fourth-order valence-corrected chi connectivity index (χ4v) is 4.68. The fourth-order valence-electron chi connectivity index (χ4n) is 4.68. The van der Waals surface area contributed by atoms with Gasteiger partial charge in [0.05, 0.1) is 0 Å². The van der Waals surface area contributed by atoms with Gasteiger partial charge in [-0.05, 0) is 19.3 Å². The number of carbonyl (C=O) groups excluding carboxylic acids is 4. The molecule has 1 heterocycles. The summed E-state index contributed by atoms with van der Waals surface area (Å²) in [6.45, 7) is 1.22. The number of unbranched alkanes of at least 4 members (excludes halogenated alkanes) is 1. The van der Waals surface area contributed by atoms with Crippen LogP contribution in [0.15, 0.2) is 0 Å². The smallest absolute Gasteiger partial charge is 0.460 e. The molecule has 5 atom stereocenters. The van der Waals surface area contributed by atoms with Gasteiger partial charge in [0.15, 0.2) is 24.6 Å². The Bertz CT molecular complexity index is 1390. The highest BCUT2D eigenvalue weighted by molar-refractivity contribution is 5.68. The zero-order valence-electron chi connectivity index (χ0n) is 29.5. The molecule has 0 radical (unpaired) electrons. The van der Waals surface area contributed by atoms with Crippen LogP contribution in [0.1, 0.15) is 53.4 Å². The van der Waals surface area contributed by atoms with E-state index in [0.29, 0.717) is 0 Å². The largest absolute Gasteiger partial charge is 0.463 e. The Balaban J connectivity index is 2.92. The van der Waals surface area contributed by atoms with Gasteiger partial charge in [0, 0.05) is 53.9 Å². The molecule has 0 aromatic rings. The molecule has 28 heteroatoms. The van der Waals surface area contributed by atoms with E-state index < -0.39 is 135 Å². The Hall–Kier alpha value is -3.43. The summed E-state index contributed by atoms with van der Waals surface area (Å²) < 4.78 is 264. The lowest BCUT2D eigenvalue weighted by Crippen LogP contribution is -2.74. The number of hydrogen-bond acceptors (Lipinski definition) is 11. The number of carbonyl (C=O) groups is 4. The second-order valence-electron chi connectivity index (χ2n) is 12.0. The lowest BCUT2D eigenvalue weighted by atomic mass is 9.88. The minimum atomic E-state index is -8.71. The maximum Gasteiger partial charge on any atom is 0.460 e. The molecule has 334 valence electrons. The first kappa shape index (κ1) is 51.6. The van der Waals surface area contributed by atoms with Crippen molar-refractivity contribution in [2.75, 3.05) is 26.4 Å². The molecule has 0 aliphatic carbocycles. The lowest BCUT2D eigenvalue weighted by Gasteiger charge is -2.44. The highest BCUT2D eigenvalue weighted by Crippen LogP contribution is 2.64. The number of hydrogen-bond donors (Lipinski definition) is 0. The van der Waals surface area contributed by atoms with Gasteiger partial charge >= 0.3 is 71.5 Å². The van der Waals surface area contributed by atoms with Crippen molar-refractivity contribution in [1.82, 2.24) is 0 Å². The average molecular weight is 881 g/mol. The van der Waals surface area contributed by atoms with E-state index in [4.69, 9.17) is 33.2 Å². The summed E-state index contributed by atoms with van der Waals surface area (Å²) in [5, 5.41) is 0. The third-order valence-corrected chi connectivity index (χ3v) is 7.48. The van der Waals surface area contributed by atoms with Crippen LogP contribution in [0, 0.1) is 0 Å². The van der Waals surface area contributed by atoms with Crippen molar-refractivity contribution in [3.05, 3.63) is 0 Å². The van der Waals surface area contributed by atoms with E-state index in [9.17, 15) is 93.8 Å². The van der Waals surface area contributed by atoms with Crippen molar-refractivity contribution in [3.63, 3.8) is 0 Å². The maximum atomic E-state index is 14.1. The van der Waals surface area contributed by atoms with Crippen LogP contribution in [-0.2, 0) is 52.3 Å². The first-order chi connectivity index (χ1) is 25.5. The molecule has 11 nitrogen and oxygen atoms in total. The minimum absolute atomic E-state index is 0.103. The van der Waals surface area contributed by atoms with Gasteiger partial charge in [-0.2, -0.15) is 74.6 Å². The van der Waals surface area contributed by atoms with E-state index in [2.05, 4.69) is 0 Å². The van der Waals surface area contributed by atoms with E-state index in [0.717, 1.165) is 27.7 Å². The van der Waals surface area contributed by atoms with Crippen LogP contribution in [0.25, 0.3) is 0 Å². The monoisotopic (exact) mass is 880 g/mol. The van der Waals surface area contributed by atoms with E-state index >= 15 is 0 Å². The van der Waals surface area contributed by atoms with Crippen LogP contribution in [0.3, 0.4) is 0 Å². The molecule has 0 spiro atoms. The van der Waals surface area contributed by atoms with Gasteiger partial charge in [-0.15, -0.1) is 0 Å². The molecule has 1 rings (SSSR count). The summed E-state index contributed by atoms with van der Waals surface area (Å²) in [7, 11) is 0. The van der Waals surface area contributed by atoms with Crippen molar-refractivity contribution < 1.29 is 127 Å². The third kappa shape index (κ3) is 11.2. The van der Waals surface area contributed by atoms with Crippen LogP contribution < -0.4 is 0 Å². The first-order valence-corrected chi connectivity index (χ1v) is 15.8. The van der Waals surface area contributed by atoms with Crippen molar-refractivity contribution in [2.45, 2.75) is 132 Å². The van der Waals surface area contributed by atoms with Gasteiger partial charge in [-0.1, -0.05) is 0 Å². The van der Waals surface area contributed by atoms with Crippen LogP contribution in [0.4, 0.5) is 74.6 Å². The molecule has 57 heavy (non-hydrogen) atoms. The first-order valence-electron chi connectivity index (χ1n) is 15.8. The molecule has 1 aliphatic rings. The number of halogens is 17.